The van der Waals surface area contributed by atoms with Gasteiger partial charge in [-0.25, -0.2) is 9.97 Å². The molecule has 2 aromatic heterocycles. The number of aromatic nitrogens is 2. The van der Waals surface area contributed by atoms with Crippen LogP contribution in [0.2, 0.25) is 0 Å². The van der Waals surface area contributed by atoms with Crippen LogP contribution >= 0.6 is 11.3 Å². The summed E-state index contributed by atoms with van der Waals surface area (Å²) in [5.41, 5.74) is 0.800. The minimum absolute atomic E-state index is 0.457. The highest BCUT2D eigenvalue weighted by atomic mass is 32.1. The highest BCUT2D eigenvalue weighted by molar-refractivity contribution is 7.13. The van der Waals surface area contributed by atoms with Gasteiger partial charge < -0.3 is 5.11 Å². The van der Waals surface area contributed by atoms with Crippen LogP contribution in [0.5, 0.6) is 0 Å². The molecular weight excluding hydrogens is 248 g/mol. The fourth-order valence-corrected chi connectivity index (χ4v) is 2.68. The Hall–Kier alpha value is -1.75. The van der Waals surface area contributed by atoms with Gasteiger partial charge >= 0.3 is 5.97 Å². The second kappa shape index (κ2) is 3.88. The Kier molecular flexibility index (Phi) is 2.45. The molecule has 0 aromatic carbocycles. The van der Waals surface area contributed by atoms with Gasteiger partial charge in [0.15, 0.2) is 0 Å². The van der Waals surface area contributed by atoms with E-state index in [9.17, 15) is 9.90 Å². The lowest BCUT2D eigenvalue weighted by atomic mass is 10.1. The van der Waals surface area contributed by atoms with E-state index in [0.717, 1.165) is 16.3 Å². The van der Waals surface area contributed by atoms with Gasteiger partial charge in [-0.3, -0.25) is 4.79 Å². The van der Waals surface area contributed by atoms with E-state index in [1.54, 1.807) is 11.3 Å². The number of carboxylic acids is 1. The van der Waals surface area contributed by atoms with Gasteiger partial charge in [0.2, 0.25) is 0 Å². The first-order chi connectivity index (χ1) is 8.62. The van der Waals surface area contributed by atoms with Gasteiger partial charge in [-0.2, -0.15) is 0 Å². The normalized spacial score (nSPS) is 16.5. The first kappa shape index (κ1) is 11.3. The molecule has 4 nitrogen and oxygen atoms in total. The number of aryl methyl sites for hydroxylation is 1. The average Bonchev–Trinajstić information content (AvgIpc) is 2.97. The molecule has 0 spiro atoms. The molecule has 0 radical (unpaired) electrons. The molecule has 2 aromatic rings. The quantitative estimate of drug-likeness (QED) is 0.921. The van der Waals surface area contributed by atoms with E-state index in [2.05, 4.69) is 9.97 Å². The van der Waals surface area contributed by atoms with Crippen molar-refractivity contribution >= 4 is 17.3 Å². The molecule has 0 atom stereocenters. The highest BCUT2D eigenvalue weighted by Gasteiger charge is 2.54. The SMILES string of the molecule is Cc1cc(-c2cccs2)nc(C2(C(=O)O)CC2)n1. The molecule has 2 heterocycles. The fraction of sp³-hybridized carbons (Fsp3) is 0.308. The molecule has 0 amide bonds. The van der Waals surface area contributed by atoms with Crippen LogP contribution in [0.3, 0.4) is 0 Å². The summed E-state index contributed by atoms with van der Waals surface area (Å²) in [6, 6.07) is 5.84. The van der Waals surface area contributed by atoms with E-state index in [-0.39, 0.29) is 0 Å². The molecular formula is C13H12N2O2S. The van der Waals surface area contributed by atoms with E-state index in [1.807, 2.05) is 30.5 Å². The third-order valence-corrected chi connectivity index (χ3v) is 4.11. The predicted molar refractivity (Wildman–Crippen MR) is 68.6 cm³/mol. The monoisotopic (exact) mass is 260 g/mol. The zero-order valence-corrected chi connectivity index (χ0v) is 10.7. The van der Waals surface area contributed by atoms with Gasteiger partial charge in [0, 0.05) is 5.69 Å². The maximum atomic E-state index is 11.3. The van der Waals surface area contributed by atoms with Crippen molar-refractivity contribution in [1.29, 1.82) is 0 Å². The molecule has 0 saturated heterocycles. The van der Waals surface area contributed by atoms with Gasteiger partial charge in [-0.05, 0) is 37.3 Å². The van der Waals surface area contributed by atoms with Crippen molar-refractivity contribution in [3.8, 4) is 10.6 Å². The molecule has 18 heavy (non-hydrogen) atoms. The van der Waals surface area contributed by atoms with E-state index in [0.29, 0.717) is 18.7 Å². The van der Waals surface area contributed by atoms with Crippen molar-refractivity contribution in [2.45, 2.75) is 25.2 Å². The van der Waals surface area contributed by atoms with Gasteiger partial charge in [0.1, 0.15) is 11.2 Å². The Bertz CT molecular complexity index is 603. The molecule has 0 bridgehead atoms. The number of carbonyl (C=O) groups is 1. The molecule has 5 heteroatoms. The largest absolute Gasteiger partial charge is 0.480 e. The molecule has 1 saturated carbocycles. The summed E-state index contributed by atoms with van der Waals surface area (Å²) in [5.74, 6) is -0.358. The van der Waals surface area contributed by atoms with E-state index >= 15 is 0 Å². The Morgan fingerprint density at radius 2 is 2.22 bits per heavy atom. The van der Waals surface area contributed by atoms with Crippen LogP contribution < -0.4 is 0 Å². The van der Waals surface area contributed by atoms with Crippen LogP contribution in [0.1, 0.15) is 24.4 Å². The van der Waals surface area contributed by atoms with E-state index in [4.69, 9.17) is 0 Å². The second-order valence-corrected chi connectivity index (χ2v) is 5.53. The lowest BCUT2D eigenvalue weighted by Gasteiger charge is -2.10. The summed E-state index contributed by atoms with van der Waals surface area (Å²) in [7, 11) is 0. The summed E-state index contributed by atoms with van der Waals surface area (Å²) >= 11 is 1.60. The molecule has 0 unspecified atom stereocenters. The summed E-state index contributed by atoms with van der Waals surface area (Å²) in [5, 5.41) is 11.3. The second-order valence-electron chi connectivity index (χ2n) is 4.58. The topological polar surface area (TPSA) is 63.1 Å². The Morgan fingerprint density at radius 1 is 1.44 bits per heavy atom. The minimum atomic E-state index is -0.835. The van der Waals surface area contributed by atoms with Crippen molar-refractivity contribution in [2.75, 3.05) is 0 Å². The molecule has 1 N–H and O–H groups in total. The lowest BCUT2D eigenvalue weighted by Crippen LogP contribution is -2.23. The maximum absolute atomic E-state index is 11.3. The Balaban J connectivity index is 2.10. The van der Waals surface area contributed by atoms with Crippen LogP contribution in [-0.2, 0) is 10.2 Å². The summed E-state index contributed by atoms with van der Waals surface area (Å²) in [6.07, 6.45) is 1.27. The van der Waals surface area contributed by atoms with Crippen molar-refractivity contribution in [3.63, 3.8) is 0 Å². The molecule has 0 aliphatic heterocycles. The molecule has 1 aliphatic rings. The first-order valence-corrected chi connectivity index (χ1v) is 6.63. The number of carboxylic acid groups (broad SMARTS) is 1. The van der Waals surface area contributed by atoms with Crippen molar-refractivity contribution in [3.05, 3.63) is 35.1 Å². The Labute approximate surface area is 108 Å². The van der Waals surface area contributed by atoms with E-state index in [1.165, 1.54) is 0 Å². The number of hydrogen-bond donors (Lipinski definition) is 1. The van der Waals surface area contributed by atoms with Gasteiger partial charge in [0.05, 0.1) is 10.6 Å². The summed E-state index contributed by atoms with van der Waals surface area (Å²) < 4.78 is 0. The van der Waals surface area contributed by atoms with Crippen LogP contribution in [0.4, 0.5) is 0 Å². The summed E-state index contributed by atoms with van der Waals surface area (Å²) in [4.78, 5) is 21.1. The van der Waals surface area contributed by atoms with Crippen molar-refractivity contribution < 1.29 is 9.90 Å². The number of thiophene rings is 1. The van der Waals surface area contributed by atoms with Crippen molar-refractivity contribution in [1.82, 2.24) is 9.97 Å². The molecule has 1 aliphatic carbocycles. The summed E-state index contributed by atoms with van der Waals surface area (Å²) in [6.45, 7) is 1.88. The number of aliphatic carboxylic acids is 1. The number of hydrogen-bond acceptors (Lipinski definition) is 4. The number of rotatable bonds is 3. The van der Waals surface area contributed by atoms with Gasteiger partial charge in [-0.15, -0.1) is 11.3 Å². The zero-order valence-electron chi connectivity index (χ0n) is 9.88. The van der Waals surface area contributed by atoms with Crippen LogP contribution in [0, 0.1) is 6.92 Å². The molecule has 3 rings (SSSR count). The maximum Gasteiger partial charge on any atom is 0.317 e. The van der Waals surface area contributed by atoms with E-state index < -0.39 is 11.4 Å². The van der Waals surface area contributed by atoms with Crippen LogP contribution in [0.15, 0.2) is 23.6 Å². The van der Waals surface area contributed by atoms with Gasteiger partial charge in [0.25, 0.3) is 0 Å². The smallest absolute Gasteiger partial charge is 0.317 e. The average molecular weight is 260 g/mol. The number of nitrogens with zero attached hydrogens (tertiary/aromatic N) is 2. The van der Waals surface area contributed by atoms with Crippen LogP contribution in [0.25, 0.3) is 10.6 Å². The minimum Gasteiger partial charge on any atom is -0.480 e. The highest BCUT2D eigenvalue weighted by Crippen LogP contribution is 2.47. The predicted octanol–water partition coefficient (Wildman–Crippen LogP) is 2.63. The van der Waals surface area contributed by atoms with Crippen LogP contribution in [-0.4, -0.2) is 21.0 Å². The third-order valence-electron chi connectivity index (χ3n) is 3.22. The third kappa shape index (κ3) is 1.71. The molecule has 92 valence electrons. The molecule has 1 fully saturated rings. The lowest BCUT2D eigenvalue weighted by molar-refractivity contribution is -0.140. The first-order valence-electron chi connectivity index (χ1n) is 5.75. The van der Waals surface area contributed by atoms with Gasteiger partial charge in [-0.1, -0.05) is 6.07 Å². The van der Waals surface area contributed by atoms with Crippen molar-refractivity contribution in [2.24, 2.45) is 0 Å². The Morgan fingerprint density at radius 3 is 2.78 bits per heavy atom. The fourth-order valence-electron chi connectivity index (χ4n) is 1.99. The standard InChI is InChI=1S/C13H12N2O2S/c1-8-7-9(10-3-2-6-18-10)15-11(14-8)13(4-5-13)12(16)17/h2-3,6-7H,4-5H2,1H3,(H,16,17). The zero-order chi connectivity index (χ0) is 12.8.